The lowest BCUT2D eigenvalue weighted by atomic mass is 10.00. The molecule has 1 aliphatic rings. The molecule has 0 radical (unpaired) electrons. The van der Waals surface area contributed by atoms with Crippen molar-refractivity contribution in [3.8, 4) is 0 Å². The van der Waals surface area contributed by atoms with Crippen molar-refractivity contribution in [3.63, 3.8) is 0 Å². The minimum Gasteiger partial charge on any atom is -0.394 e. The van der Waals surface area contributed by atoms with Crippen LogP contribution in [0, 0.1) is 0 Å². The molecule has 128 valence electrons. The maximum Gasteiger partial charge on any atom is 0.251 e. The van der Waals surface area contributed by atoms with Crippen LogP contribution in [0.3, 0.4) is 0 Å². The van der Waals surface area contributed by atoms with Crippen LogP contribution in [0.4, 0.5) is 0 Å². The molecule has 4 unspecified atom stereocenters. The van der Waals surface area contributed by atoms with Crippen molar-refractivity contribution < 1.29 is 29.6 Å². The zero-order chi connectivity index (χ0) is 17.1. The van der Waals surface area contributed by atoms with E-state index in [0.29, 0.717) is 10.6 Å². The SMILES string of the molecule is CNC(=O)C1O[C@@H](c2ccc(Cl)c(Cl)c2)OC(C(O)CO)C1O. The summed E-state index contributed by atoms with van der Waals surface area (Å²) in [5, 5.41) is 32.0. The first-order chi connectivity index (χ1) is 10.9. The lowest BCUT2D eigenvalue weighted by Crippen LogP contribution is -2.57. The molecule has 1 fully saturated rings. The Labute approximate surface area is 142 Å². The number of hydrogen-bond donors (Lipinski definition) is 4. The summed E-state index contributed by atoms with van der Waals surface area (Å²) < 4.78 is 11.0. The topological polar surface area (TPSA) is 108 Å². The van der Waals surface area contributed by atoms with Gasteiger partial charge in [-0.25, -0.2) is 0 Å². The van der Waals surface area contributed by atoms with Gasteiger partial charge in [-0.05, 0) is 12.1 Å². The van der Waals surface area contributed by atoms with E-state index in [1.54, 1.807) is 6.07 Å². The van der Waals surface area contributed by atoms with Crippen molar-refractivity contribution in [3.05, 3.63) is 33.8 Å². The van der Waals surface area contributed by atoms with Crippen molar-refractivity contribution in [2.45, 2.75) is 30.7 Å². The molecule has 5 atom stereocenters. The summed E-state index contributed by atoms with van der Waals surface area (Å²) in [5.74, 6) is -0.582. The lowest BCUT2D eigenvalue weighted by molar-refractivity contribution is -0.299. The Morgan fingerprint density at radius 1 is 1.35 bits per heavy atom. The first kappa shape index (κ1) is 18.4. The standard InChI is InChI=1S/C14H17Cl2NO6/c1-17-13(21)12-10(20)11(9(19)5-18)22-14(23-12)6-2-3-7(15)8(16)4-6/h2-4,9-12,14,18-20H,5H2,1H3,(H,17,21)/t9?,10?,11?,12?,14-/m0/s1. The molecule has 0 aliphatic carbocycles. The van der Waals surface area contributed by atoms with Crippen LogP contribution in [0.2, 0.25) is 10.0 Å². The van der Waals surface area contributed by atoms with Crippen LogP contribution < -0.4 is 5.32 Å². The molecule has 1 saturated heterocycles. The summed E-state index contributed by atoms with van der Waals surface area (Å²) in [4.78, 5) is 11.9. The highest BCUT2D eigenvalue weighted by Crippen LogP contribution is 2.34. The summed E-state index contributed by atoms with van der Waals surface area (Å²) >= 11 is 11.8. The van der Waals surface area contributed by atoms with E-state index in [2.05, 4.69) is 5.32 Å². The van der Waals surface area contributed by atoms with Gasteiger partial charge in [0.2, 0.25) is 0 Å². The Morgan fingerprint density at radius 3 is 2.61 bits per heavy atom. The molecular formula is C14H17Cl2NO6. The second kappa shape index (κ2) is 7.76. The van der Waals surface area contributed by atoms with Crippen molar-refractivity contribution >= 4 is 29.1 Å². The molecule has 0 bridgehead atoms. The fourth-order valence-electron chi connectivity index (χ4n) is 2.24. The van der Waals surface area contributed by atoms with E-state index in [1.807, 2.05) is 0 Å². The first-order valence-corrected chi connectivity index (χ1v) is 7.59. The molecule has 0 spiro atoms. The maximum atomic E-state index is 11.9. The number of rotatable bonds is 4. The molecule has 1 aromatic carbocycles. The molecule has 1 heterocycles. The lowest BCUT2D eigenvalue weighted by Gasteiger charge is -2.40. The van der Waals surface area contributed by atoms with E-state index < -0.39 is 43.2 Å². The van der Waals surface area contributed by atoms with E-state index in [1.165, 1.54) is 19.2 Å². The van der Waals surface area contributed by atoms with Crippen molar-refractivity contribution in [2.75, 3.05) is 13.7 Å². The molecule has 0 saturated carbocycles. The Morgan fingerprint density at radius 2 is 2.04 bits per heavy atom. The Bertz CT molecular complexity index is 572. The van der Waals surface area contributed by atoms with Gasteiger partial charge in [-0.1, -0.05) is 29.3 Å². The van der Waals surface area contributed by atoms with E-state index in [0.717, 1.165) is 0 Å². The number of nitrogens with one attached hydrogen (secondary N) is 1. The summed E-state index contributed by atoms with van der Waals surface area (Å²) in [6.07, 6.45) is -6.39. The number of likely N-dealkylation sites (N-methyl/N-ethyl adjacent to an activating group) is 1. The zero-order valence-electron chi connectivity index (χ0n) is 12.1. The highest BCUT2D eigenvalue weighted by molar-refractivity contribution is 6.42. The molecule has 0 aromatic heterocycles. The molecule has 9 heteroatoms. The number of aliphatic hydroxyl groups excluding tert-OH is 3. The quantitative estimate of drug-likeness (QED) is 0.608. The third-order valence-electron chi connectivity index (χ3n) is 3.48. The summed E-state index contributed by atoms with van der Waals surface area (Å²) in [5.41, 5.74) is 0.454. The van der Waals surface area contributed by atoms with Gasteiger partial charge in [-0.3, -0.25) is 4.79 Å². The first-order valence-electron chi connectivity index (χ1n) is 6.83. The van der Waals surface area contributed by atoms with E-state index >= 15 is 0 Å². The largest absolute Gasteiger partial charge is 0.394 e. The normalized spacial score (nSPS) is 29.1. The predicted octanol–water partition coefficient (Wildman–Crippen LogP) is 0.236. The summed E-state index contributed by atoms with van der Waals surface area (Å²) in [7, 11) is 1.39. The van der Waals surface area contributed by atoms with Gasteiger partial charge in [0, 0.05) is 12.6 Å². The fraction of sp³-hybridized carbons (Fsp3) is 0.500. The highest BCUT2D eigenvalue weighted by Gasteiger charge is 2.45. The van der Waals surface area contributed by atoms with Gasteiger partial charge in [0.1, 0.15) is 18.3 Å². The number of benzene rings is 1. The van der Waals surface area contributed by atoms with Gasteiger partial charge >= 0.3 is 0 Å². The van der Waals surface area contributed by atoms with Crippen molar-refractivity contribution in [2.24, 2.45) is 0 Å². The van der Waals surface area contributed by atoms with Crippen molar-refractivity contribution in [1.82, 2.24) is 5.32 Å². The molecule has 2 rings (SSSR count). The van der Waals surface area contributed by atoms with Gasteiger partial charge in [0.25, 0.3) is 5.91 Å². The number of halogens is 2. The number of amides is 1. The third kappa shape index (κ3) is 3.95. The minimum atomic E-state index is -1.45. The highest BCUT2D eigenvalue weighted by atomic mass is 35.5. The van der Waals surface area contributed by atoms with Gasteiger partial charge in [-0.2, -0.15) is 0 Å². The number of hydrogen-bond acceptors (Lipinski definition) is 6. The minimum absolute atomic E-state index is 0.262. The van der Waals surface area contributed by atoms with E-state index in [-0.39, 0.29) is 5.02 Å². The van der Waals surface area contributed by atoms with Crippen molar-refractivity contribution in [1.29, 1.82) is 0 Å². The molecule has 1 aromatic rings. The van der Waals surface area contributed by atoms with Gasteiger partial charge in [0.15, 0.2) is 12.4 Å². The smallest absolute Gasteiger partial charge is 0.251 e. The number of ether oxygens (including phenoxy) is 2. The Hall–Kier alpha value is -0.930. The summed E-state index contributed by atoms with van der Waals surface area (Å²) in [6.45, 7) is -0.643. The van der Waals surface area contributed by atoms with Gasteiger partial charge in [0.05, 0.1) is 16.7 Å². The van der Waals surface area contributed by atoms with Crippen LogP contribution in [-0.2, 0) is 14.3 Å². The van der Waals surface area contributed by atoms with Crippen LogP contribution in [0.5, 0.6) is 0 Å². The number of carbonyl (C=O) groups is 1. The number of aliphatic hydroxyl groups is 3. The molecular weight excluding hydrogens is 349 g/mol. The van der Waals surface area contributed by atoms with Gasteiger partial charge < -0.3 is 30.1 Å². The molecule has 7 nitrogen and oxygen atoms in total. The molecule has 4 N–H and O–H groups in total. The fourth-order valence-corrected chi connectivity index (χ4v) is 2.55. The Balaban J connectivity index is 2.32. The van der Waals surface area contributed by atoms with E-state index in [9.17, 15) is 15.0 Å². The average molecular weight is 366 g/mol. The monoisotopic (exact) mass is 365 g/mol. The van der Waals surface area contributed by atoms with Crippen LogP contribution in [0.15, 0.2) is 18.2 Å². The zero-order valence-corrected chi connectivity index (χ0v) is 13.7. The molecule has 1 amide bonds. The second-order valence-electron chi connectivity index (χ2n) is 5.02. The third-order valence-corrected chi connectivity index (χ3v) is 4.22. The molecule has 1 aliphatic heterocycles. The second-order valence-corrected chi connectivity index (χ2v) is 5.83. The van der Waals surface area contributed by atoms with Crippen LogP contribution in [-0.4, -0.2) is 59.3 Å². The predicted molar refractivity (Wildman–Crippen MR) is 82.1 cm³/mol. The Kier molecular flexibility index (Phi) is 6.21. The van der Waals surface area contributed by atoms with Crippen LogP contribution >= 0.6 is 23.2 Å². The molecule has 23 heavy (non-hydrogen) atoms. The summed E-state index contributed by atoms with van der Waals surface area (Å²) in [6, 6.07) is 4.61. The van der Waals surface area contributed by atoms with Crippen LogP contribution in [0.25, 0.3) is 0 Å². The number of carbonyl (C=O) groups excluding carboxylic acids is 1. The maximum absolute atomic E-state index is 11.9. The van der Waals surface area contributed by atoms with Crippen LogP contribution in [0.1, 0.15) is 11.9 Å². The van der Waals surface area contributed by atoms with Gasteiger partial charge in [-0.15, -0.1) is 0 Å². The van der Waals surface area contributed by atoms with E-state index in [4.69, 9.17) is 37.8 Å². The average Bonchev–Trinajstić information content (AvgIpc) is 2.56.